The SMILES string of the molecule is CCOC(=O)C1=C(C)Nc2nc(SCc3ccccc3C)nn2C1c1ccc(F)cc1. The molecule has 1 N–H and O–H groups in total. The number of rotatable bonds is 6. The number of aryl methyl sites for hydroxylation is 1. The second-order valence-corrected chi connectivity index (χ2v) is 8.16. The second kappa shape index (κ2) is 8.93. The molecule has 0 fully saturated rings. The van der Waals surface area contributed by atoms with Crippen molar-refractivity contribution in [2.24, 2.45) is 0 Å². The van der Waals surface area contributed by atoms with Crippen molar-refractivity contribution in [3.63, 3.8) is 0 Å². The van der Waals surface area contributed by atoms with Crippen LogP contribution in [0.5, 0.6) is 0 Å². The fourth-order valence-corrected chi connectivity index (χ4v) is 4.44. The number of allylic oxidation sites excluding steroid dienone is 1. The van der Waals surface area contributed by atoms with Gasteiger partial charge in [0, 0.05) is 11.4 Å². The zero-order chi connectivity index (χ0) is 22.0. The van der Waals surface area contributed by atoms with Gasteiger partial charge in [0.1, 0.15) is 11.9 Å². The van der Waals surface area contributed by atoms with E-state index in [4.69, 9.17) is 4.74 Å². The van der Waals surface area contributed by atoms with E-state index in [2.05, 4.69) is 34.5 Å². The van der Waals surface area contributed by atoms with Crippen molar-refractivity contribution in [3.8, 4) is 0 Å². The highest BCUT2D eigenvalue weighted by atomic mass is 32.2. The molecule has 0 aliphatic carbocycles. The number of nitrogens with zero attached hydrogens (tertiary/aromatic N) is 3. The predicted molar refractivity (Wildman–Crippen MR) is 118 cm³/mol. The summed E-state index contributed by atoms with van der Waals surface area (Å²) in [5, 5.41) is 8.44. The summed E-state index contributed by atoms with van der Waals surface area (Å²) in [4.78, 5) is 17.4. The highest BCUT2D eigenvalue weighted by Gasteiger charge is 2.35. The lowest BCUT2D eigenvalue weighted by atomic mass is 9.96. The van der Waals surface area contributed by atoms with Crippen molar-refractivity contribution < 1.29 is 13.9 Å². The van der Waals surface area contributed by atoms with E-state index in [1.165, 1.54) is 35.0 Å². The summed E-state index contributed by atoms with van der Waals surface area (Å²) in [7, 11) is 0. The molecule has 6 nitrogen and oxygen atoms in total. The number of nitrogens with one attached hydrogen (secondary N) is 1. The van der Waals surface area contributed by atoms with Crippen LogP contribution in [0.2, 0.25) is 0 Å². The van der Waals surface area contributed by atoms with E-state index >= 15 is 0 Å². The van der Waals surface area contributed by atoms with Gasteiger partial charge >= 0.3 is 5.97 Å². The van der Waals surface area contributed by atoms with E-state index in [-0.39, 0.29) is 12.4 Å². The van der Waals surface area contributed by atoms with Gasteiger partial charge in [-0.25, -0.2) is 13.9 Å². The Morgan fingerprint density at radius 3 is 2.65 bits per heavy atom. The van der Waals surface area contributed by atoms with E-state index in [1.54, 1.807) is 30.7 Å². The van der Waals surface area contributed by atoms with E-state index in [1.807, 2.05) is 12.1 Å². The number of aromatic nitrogens is 3. The highest BCUT2D eigenvalue weighted by Crippen LogP contribution is 2.37. The molecule has 0 amide bonds. The van der Waals surface area contributed by atoms with Gasteiger partial charge in [-0.3, -0.25) is 0 Å². The number of hydrogen-bond donors (Lipinski definition) is 1. The molecule has 3 aromatic rings. The third-order valence-corrected chi connectivity index (χ3v) is 6.02. The van der Waals surface area contributed by atoms with Crippen LogP contribution < -0.4 is 5.32 Å². The van der Waals surface area contributed by atoms with Crippen molar-refractivity contribution in [2.45, 2.75) is 37.7 Å². The van der Waals surface area contributed by atoms with Crippen molar-refractivity contribution in [3.05, 3.63) is 82.3 Å². The molecule has 31 heavy (non-hydrogen) atoms. The molecule has 1 aliphatic heterocycles. The van der Waals surface area contributed by atoms with Crippen LogP contribution >= 0.6 is 11.8 Å². The number of ether oxygens (including phenoxy) is 1. The molecule has 8 heteroatoms. The van der Waals surface area contributed by atoms with Crippen LogP contribution in [0.4, 0.5) is 10.3 Å². The summed E-state index contributed by atoms with van der Waals surface area (Å²) < 4.78 is 20.5. The first kappa shape index (κ1) is 21.1. The molecule has 1 aliphatic rings. The van der Waals surface area contributed by atoms with Gasteiger partial charge in [-0.05, 0) is 49.6 Å². The molecule has 0 saturated heterocycles. The molecule has 2 heterocycles. The smallest absolute Gasteiger partial charge is 0.338 e. The number of carbonyl (C=O) groups excluding carboxylic acids is 1. The minimum atomic E-state index is -0.559. The Kier molecular flexibility index (Phi) is 6.08. The molecular formula is C23H23FN4O2S. The Morgan fingerprint density at radius 1 is 1.19 bits per heavy atom. The van der Waals surface area contributed by atoms with Gasteiger partial charge in [0.15, 0.2) is 0 Å². The quantitative estimate of drug-likeness (QED) is 0.437. The van der Waals surface area contributed by atoms with E-state index in [0.29, 0.717) is 22.4 Å². The molecule has 2 aromatic carbocycles. The summed E-state index contributed by atoms with van der Waals surface area (Å²) in [5.41, 5.74) is 4.23. The number of hydrogen-bond acceptors (Lipinski definition) is 6. The number of thioether (sulfide) groups is 1. The van der Waals surface area contributed by atoms with Gasteiger partial charge in [0.2, 0.25) is 11.1 Å². The molecule has 1 unspecified atom stereocenters. The molecular weight excluding hydrogens is 415 g/mol. The number of esters is 1. The van der Waals surface area contributed by atoms with Crippen LogP contribution in [0, 0.1) is 12.7 Å². The molecule has 0 radical (unpaired) electrons. The monoisotopic (exact) mass is 438 g/mol. The molecule has 4 rings (SSSR count). The van der Waals surface area contributed by atoms with Crippen molar-refractivity contribution in [2.75, 3.05) is 11.9 Å². The summed E-state index contributed by atoms with van der Waals surface area (Å²) >= 11 is 1.52. The van der Waals surface area contributed by atoms with Crippen molar-refractivity contribution in [1.82, 2.24) is 14.8 Å². The maximum Gasteiger partial charge on any atom is 0.338 e. The van der Waals surface area contributed by atoms with Gasteiger partial charge in [-0.15, -0.1) is 5.10 Å². The molecule has 1 aromatic heterocycles. The Morgan fingerprint density at radius 2 is 1.94 bits per heavy atom. The van der Waals surface area contributed by atoms with Crippen molar-refractivity contribution >= 4 is 23.7 Å². The predicted octanol–water partition coefficient (Wildman–Crippen LogP) is 4.87. The van der Waals surface area contributed by atoms with Crippen LogP contribution in [0.25, 0.3) is 0 Å². The average molecular weight is 439 g/mol. The number of halogens is 1. The number of benzene rings is 2. The maximum absolute atomic E-state index is 13.5. The van der Waals surface area contributed by atoms with Gasteiger partial charge < -0.3 is 10.1 Å². The van der Waals surface area contributed by atoms with Crippen LogP contribution in [-0.2, 0) is 15.3 Å². The second-order valence-electron chi connectivity index (χ2n) is 7.22. The minimum absolute atomic E-state index is 0.257. The lowest BCUT2D eigenvalue weighted by Crippen LogP contribution is -2.29. The topological polar surface area (TPSA) is 69.0 Å². The molecule has 160 valence electrons. The third kappa shape index (κ3) is 4.34. The molecule has 1 atom stereocenters. The summed E-state index contributed by atoms with van der Waals surface area (Å²) in [6.07, 6.45) is 0. The lowest BCUT2D eigenvalue weighted by molar-refractivity contribution is -0.139. The number of carbonyl (C=O) groups is 1. The molecule has 0 spiro atoms. The Bertz CT molecular complexity index is 1140. The Hall–Kier alpha value is -3.13. The zero-order valence-electron chi connectivity index (χ0n) is 17.6. The summed E-state index contributed by atoms with van der Waals surface area (Å²) in [5.74, 6) is 0.489. The van der Waals surface area contributed by atoms with Gasteiger partial charge in [-0.2, -0.15) is 4.98 Å². The Balaban J connectivity index is 1.70. The summed E-state index contributed by atoms with van der Waals surface area (Å²) in [6, 6.07) is 13.7. The van der Waals surface area contributed by atoms with E-state index < -0.39 is 12.0 Å². The van der Waals surface area contributed by atoms with Crippen LogP contribution in [-0.4, -0.2) is 27.3 Å². The third-order valence-electron chi connectivity index (χ3n) is 5.13. The van der Waals surface area contributed by atoms with E-state index in [9.17, 15) is 9.18 Å². The Labute approximate surface area is 184 Å². The normalized spacial score (nSPS) is 15.4. The first-order valence-electron chi connectivity index (χ1n) is 10.0. The van der Waals surface area contributed by atoms with Crippen molar-refractivity contribution in [1.29, 1.82) is 0 Å². The first-order chi connectivity index (χ1) is 15.0. The number of fused-ring (bicyclic) bond motifs is 1. The van der Waals surface area contributed by atoms with E-state index in [0.717, 1.165) is 11.3 Å². The fraction of sp³-hybridized carbons (Fsp3) is 0.261. The largest absolute Gasteiger partial charge is 0.463 e. The van der Waals surface area contributed by atoms with Crippen LogP contribution in [0.1, 0.15) is 36.6 Å². The van der Waals surface area contributed by atoms with Gasteiger partial charge in [0.25, 0.3) is 0 Å². The molecule has 0 bridgehead atoms. The van der Waals surface area contributed by atoms with Crippen LogP contribution in [0.15, 0.2) is 65.0 Å². The maximum atomic E-state index is 13.5. The summed E-state index contributed by atoms with van der Waals surface area (Å²) in [6.45, 7) is 5.90. The zero-order valence-corrected chi connectivity index (χ0v) is 18.4. The minimum Gasteiger partial charge on any atom is -0.463 e. The number of anilines is 1. The van der Waals surface area contributed by atoms with Gasteiger partial charge in [-0.1, -0.05) is 48.2 Å². The lowest BCUT2D eigenvalue weighted by Gasteiger charge is -2.28. The fourth-order valence-electron chi connectivity index (χ4n) is 3.53. The molecule has 0 saturated carbocycles. The van der Waals surface area contributed by atoms with Gasteiger partial charge in [0.05, 0.1) is 12.2 Å². The first-order valence-corrected chi connectivity index (χ1v) is 11.0. The average Bonchev–Trinajstić information content (AvgIpc) is 3.15. The van der Waals surface area contributed by atoms with Crippen LogP contribution in [0.3, 0.4) is 0 Å². The highest BCUT2D eigenvalue weighted by molar-refractivity contribution is 7.98. The standard InChI is InChI=1S/C23H23FN4O2S/c1-4-30-21(29)19-15(3)25-22-26-23(31-13-17-8-6-5-7-14(17)2)27-28(22)20(19)16-9-11-18(24)12-10-16/h5-12,20H,4,13H2,1-3H3,(H,25,26,27).